The molecule has 1 amide bonds. The number of nitrogens with two attached hydrogens (primary N) is 1. The van der Waals surface area contributed by atoms with Crippen molar-refractivity contribution in [3.05, 3.63) is 47.7 Å². The summed E-state index contributed by atoms with van der Waals surface area (Å²) in [5, 5.41) is 3.62. The maximum Gasteiger partial charge on any atom is 0.230 e. The molecule has 0 saturated heterocycles. The van der Waals surface area contributed by atoms with Gasteiger partial charge in [0.2, 0.25) is 5.91 Å². The largest absolute Gasteiger partial charge is 0.384 e. The minimum Gasteiger partial charge on any atom is -0.384 e. The third-order valence-electron chi connectivity index (χ3n) is 4.51. The normalized spacial score (nSPS) is 15.5. The first kappa shape index (κ1) is 16.8. The predicted octanol–water partition coefficient (Wildman–Crippen LogP) is 2.70. The number of aryl methyl sites for hydroxylation is 1. The maximum atomic E-state index is 12.2. The first-order valence-electron chi connectivity index (χ1n) is 8.14. The first-order valence-corrected chi connectivity index (χ1v) is 9.12. The van der Waals surface area contributed by atoms with E-state index in [1.165, 1.54) is 23.7 Å². The number of hydrogen-bond donors (Lipinski definition) is 2. The molecular formula is C18H22N4OS. The average molecular weight is 342 g/mol. The van der Waals surface area contributed by atoms with E-state index in [0.29, 0.717) is 23.3 Å². The van der Waals surface area contributed by atoms with Gasteiger partial charge in [-0.1, -0.05) is 48.5 Å². The van der Waals surface area contributed by atoms with Gasteiger partial charge in [0.15, 0.2) is 5.16 Å². The van der Waals surface area contributed by atoms with Gasteiger partial charge in [-0.05, 0) is 25.3 Å². The Labute approximate surface area is 146 Å². The number of rotatable bonds is 6. The van der Waals surface area contributed by atoms with Gasteiger partial charge in [0.05, 0.1) is 5.75 Å². The molecule has 1 aliphatic rings. The lowest BCUT2D eigenvalue weighted by molar-refractivity contribution is -0.119. The van der Waals surface area contributed by atoms with Crippen molar-refractivity contribution in [1.29, 1.82) is 0 Å². The summed E-state index contributed by atoms with van der Waals surface area (Å²) in [5.74, 6) is 0.738. The zero-order chi connectivity index (χ0) is 17.0. The van der Waals surface area contributed by atoms with Crippen LogP contribution >= 0.6 is 11.8 Å². The summed E-state index contributed by atoms with van der Waals surface area (Å²) in [5.41, 5.74) is 7.94. The molecule has 0 bridgehead atoms. The number of nitrogens with one attached hydrogen (secondary N) is 1. The van der Waals surface area contributed by atoms with E-state index in [0.717, 1.165) is 18.5 Å². The molecule has 6 heteroatoms. The molecule has 1 fully saturated rings. The van der Waals surface area contributed by atoms with Crippen molar-refractivity contribution in [3.63, 3.8) is 0 Å². The number of thioether (sulfide) groups is 1. The highest BCUT2D eigenvalue weighted by molar-refractivity contribution is 7.99. The van der Waals surface area contributed by atoms with Crippen LogP contribution in [0.5, 0.6) is 0 Å². The van der Waals surface area contributed by atoms with Crippen LogP contribution in [-0.2, 0) is 10.2 Å². The highest BCUT2D eigenvalue weighted by Gasteiger charge is 2.38. The van der Waals surface area contributed by atoms with Gasteiger partial charge >= 0.3 is 0 Å². The van der Waals surface area contributed by atoms with Gasteiger partial charge in [0.25, 0.3) is 0 Å². The quantitative estimate of drug-likeness (QED) is 0.623. The summed E-state index contributed by atoms with van der Waals surface area (Å²) < 4.78 is 0. The van der Waals surface area contributed by atoms with Crippen LogP contribution in [-0.4, -0.2) is 28.2 Å². The van der Waals surface area contributed by atoms with Crippen molar-refractivity contribution in [2.45, 2.75) is 36.8 Å². The van der Waals surface area contributed by atoms with E-state index in [-0.39, 0.29) is 11.3 Å². The Balaban J connectivity index is 1.53. The lowest BCUT2D eigenvalue weighted by Crippen LogP contribution is -2.46. The van der Waals surface area contributed by atoms with Crippen molar-refractivity contribution in [2.24, 2.45) is 0 Å². The number of amides is 1. The van der Waals surface area contributed by atoms with Crippen LogP contribution in [0.2, 0.25) is 0 Å². The molecule has 0 unspecified atom stereocenters. The molecule has 2 aromatic rings. The summed E-state index contributed by atoms with van der Waals surface area (Å²) >= 11 is 1.31. The molecule has 1 heterocycles. The second-order valence-corrected chi connectivity index (χ2v) is 7.22. The Bertz CT molecular complexity index is 696. The maximum absolute atomic E-state index is 12.2. The van der Waals surface area contributed by atoms with Crippen LogP contribution in [0.1, 0.15) is 30.5 Å². The Hall–Kier alpha value is -2.08. The molecule has 1 saturated carbocycles. The zero-order valence-electron chi connectivity index (χ0n) is 13.8. The highest BCUT2D eigenvalue weighted by atomic mass is 32.2. The second kappa shape index (κ2) is 7.21. The Morgan fingerprint density at radius 2 is 2.04 bits per heavy atom. The highest BCUT2D eigenvalue weighted by Crippen LogP contribution is 2.43. The molecule has 126 valence electrons. The fraction of sp³-hybridized carbons (Fsp3) is 0.389. The Morgan fingerprint density at radius 3 is 2.67 bits per heavy atom. The van der Waals surface area contributed by atoms with Gasteiger partial charge in [-0.25, -0.2) is 9.97 Å². The van der Waals surface area contributed by atoms with Gasteiger partial charge in [-0.15, -0.1) is 0 Å². The molecule has 0 spiro atoms. The average Bonchev–Trinajstić information content (AvgIpc) is 2.52. The van der Waals surface area contributed by atoms with E-state index in [1.807, 2.05) is 13.0 Å². The van der Waals surface area contributed by atoms with Crippen molar-refractivity contribution in [2.75, 3.05) is 18.0 Å². The first-order chi connectivity index (χ1) is 11.6. The minimum atomic E-state index is 0.00545. The van der Waals surface area contributed by atoms with E-state index >= 15 is 0 Å². The van der Waals surface area contributed by atoms with Crippen LogP contribution in [0.4, 0.5) is 5.82 Å². The number of hydrogen-bond acceptors (Lipinski definition) is 5. The molecule has 3 N–H and O–H groups in total. The van der Waals surface area contributed by atoms with E-state index < -0.39 is 0 Å². The number of aromatic nitrogens is 2. The SMILES string of the molecule is Cc1cc(N)nc(SCC(=O)NCC2(c3ccccc3)CCC2)n1. The van der Waals surface area contributed by atoms with Crippen LogP contribution in [0.3, 0.4) is 0 Å². The number of anilines is 1. The lowest BCUT2D eigenvalue weighted by Gasteiger charge is -2.42. The van der Waals surface area contributed by atoms with Gasteiger partial charge in [-0.2, -0.15) is 0 Å². The van der Waals surface area contributed by atoms with E-state index in [1.54, 1.807) is 6.07 Å². The van der Waals surface area contributed by atoms with E-state index in [9.17, 15) is 4.79 Å². The van der Waals surface area contributed by atoms with E-state index in [2.05, 4.69) is 39.6 Å². The summed E-state index contributed by atoms with van der Waals surface area (Å²) in [6.45, 7) is 2.55. The van der Waals surface area contributed by atoms with Crippen molar-refractivity contribution in [3.8, 4) is 0 Å². The van der Waals surface area contributed by atoms with E-state index in [4.69, 9.17) is 5.73 Å². The molecule has 0 atom stereocenters. The molecule has 5 nitrogen and oxygen atoms in total. The smallest absolute Gasteiger partial charge is 0.230 e. The van der Waals surface area contributed by atoms with Crippen molar-refractivity contribution < 1.29 is 4.79 Å². The Morgan fingerprint density at radius 1 is 1.29 bits per heavy atom. The number of benzene rings is 1. The van der Waals surface area contributed by atoms with Crippen LogP contribution in [0, 0.1) is 6.92 Å². The molecule has 1 aromatic carbocycles. The van der Waals surface area contributed by atoms with Crippen LogP contribution < -0.4 is 11.1 Å². The summed E-state index contributed by atoms with van der Waals surface area (Å²) in [6.07, 6.45) is 3.47. The number of carbonyl (C=O) groups excluding carboxylic acids is 1. The third kappa shape index (κ3) is 3.87. The predicted molar refractivity (Wildman–Crippen MR) is 96.9 cm³/mol. The minimum absolute atomic E-state index is 0.00545. The van der Waals surface area contributed by atoms with Crippen LogP contribution in [0.25, 0.3) is 0 Å². The number of nitrogen functional groups attached to an aromatic ring is 1. The molecular weight excluding hydrogens is 320 g/mol. The van der Waals surface area contributed by atoms with Crippen molar-refractivity contribution in [1.82, 2.24) is 15.3 Å². The van der Waals surface area contributed by atoms with Crippen LogP contribution in [0.15, 0.2) is 41.6 Å². The van der Waals surface area contributed by atoms with Gasteiger partial charge in [0.1, 0.15) is 5.82 Å². The van der Waals surface area contributed by atoms with Gasteiger partial charge in [0, 0.05) is 23.7 Å². The molecule has 0 radical (unpaired) electrons. The summed E-state index contributed by atoms with van der Waals surface area (Å²) in [6, 6.07) is 12.2. The van der Waals surface area contributed by atoms with Gasteiger partial charge < -0.3 is 11.1 Å². The van der Waals surface area contributed by atoms with Crippen molar-refractivity contribution >= 4 is 23.5 Å². The molecule has 3 rings (SSSR count). The second-order valence-electron chi connectivity index (χ2n) is 6.28. The van der Waals surface area contributed by atoms with Gasteiger partial charge in [-0.3, -0.25) is 4.79 Å². The fourth-order valence-electron chi connectivity index (χ4n) is 3.04. The monoisotopic (exact) mass is 342 g/mol. The summed E-state index contributed by atoms with van der Waals surface area (Å²) in [4.78, 5) is 20.6. The Kier molecular flexibility index (Phi) is 5.04. The molecule has 1 aliphatic carbocycles. The third-order valence-corrected chi connectivity index (χ3v) is 5.35. The lowest BCUT2D eigenvalue weighted by atomic mass is 9.64. The summed E-state index contributed by atoms with van der Waals surface area (Å²) in [7, 11) is 0. The topological polar surface area (TPSA) is 80.9 Å². The molecule has 1 aromatic heterocycles. The fourth-order valence-corrected chi connectivity index (χ4v) is 3.78. The molecule has 24 heavy (non-hydrogen) atoms. The standard InChI is InChI=1S/C18H22N4OS/c1-13-10-15(19)22-17(21-13)24-11-16(23)20-12-18(8-5-9-18)14-6-3-2-4-7-14/h2-4,6-7,10H,5,8-9,11-12H2,1H3,(H,20,23)(H2,19,21,22). The number of nitrogens with zero attached hydrogens (tertiary/aromatic N) is 2. The zero-order valence-corrected chi connectivity index (χ0v) is 14.6. The molecule has 0 aliphatic heterocycles. The number of carbonyl (C=O) groups is 1.